The summed E-state index contributed by atoms with van der Waals surface area (Å²) >= 11 is 5.90. The topological polar surface area (TPSA) is 88.1 Å². The smallest absolute Gasteiger partial charge is 0.255 e. The highest BCUT2D eigenvalue weighted by molar-refractivity contribution is 7.89. The normalized spacial score (nSPS) is 11.6. The van der Waals surface area contributed by atoms with E-state index in [1.807, 2.05) is 37.3 Å². The molecule has 0 aliphatic heterocycles. The number of carbonyl (C=O) groups is 1. The van der Waals surface area contributed by atoms with Gasteiger partial charge in [0.2, 0.25) is 10.0 Å². The second kappa shape index (κ2) is 12.3. The van der Waals surface area contributed by atoms with Gasteiger partial charge in [0.1, 0.15) is 5.75 Å². The van der Waals surface area contributed by atoms with Gasteiger partial charge in [-0.3, -0.25) is 4.79 Å². The van der Waals surface area contributed by atoms with Gasteiger partial charge >= 0.3 is 0 Å². The summed E-state index contributed by atoms with van der Waals surface area (Å²) in [4.78, 5) is 12.6. The maximum absolute atomic E-state index is 13.2. The van der Waals surface area contributed by atoms with E-state index < -0.39 is 15.9 Å². The van der Waals surface area contributed by atoms with Crippen molar-refractivity contribution in [3.63, 3.8) is 0 Å². The van der Waals surface area contributed by atoms with Crippen LogP contribution in [0.4, 0.5) is 0 Å². The summed E-state index contributed by atoms with van der Waals surface area (Å²) in [6, 6.07) is 22.6. The lowest BCUT2D eigenvalue weighted by Gasteiger charge is -2.21. The van der Waals surface area contributed by atoms with E-state index in [-0.39, 0.29) is 18.0 Å². The Hall–Kier alpha value is -3.20. The van der Waals surface area contributed by atoms with Crippen LogP contribution < -0.4 is 10.2 Å². The largest absolute Gasteiger partial charge is 0.494 e. The lowest BCUT2D eigenvalue weighted by molar-refractivity contribution is -0.121. The Labute approximate surface area is 205 Å². The van der Waals surface area contributed by atoms with E-state index in [9.17, 15) is 13.2 Å². The zero-order valence-corrected chi connectivity index (χ0v) is 20.3. The molecule has 0 aliphatic rings. The Morgan fingerprint density at radius 2 is 1.71 bits per heavy atom. The van der Waals surface area contributed by atoms with Gasteiger partial charge in [-0.25, -0.2) is 13.8 Å². The van der Waals surface area contributed by atoms with Gasteiger partial charge in [0.25, 0.3) is 5.91 Å². The monoisotopic (exact) mass is 499 g/mol. The number of amides is 1. The molecular formula is C25H26ClN3O4S. The molecule has 178 valence electrons. The van der Waals surface area contributed by atoms with Crippen LogP contribution in [0.1, 0.15) is 18.1 Å². The summed E-state index contributed by atoms with van der Waals surface area (Å²) in [6.45, 7) is 2.23. The number of rotatable bonds is 11. The maximum Gasteiger partial charge on any atom is 0.255 e. The Bertz CT molecular complexity index is 1200. The van der Waals surface area contributed by atoms with E-state index in [1.54, 1.807) is 24.3 Å². The van der Waals surface area contributed by atoms with E-state index in [2.05, 4.69) is 10.5 Å². The molecule has 0 atom stereocenters. The highest BCUT2D eigenvalue weighted by atomic mass is 35.5. The van der Waals surface area contributed by atoms with Gasteiger partial charge in [-0.2, -0.15) is 9.41 Å². The summed E-state index contributed by atoms with van der Waals surface area (Å²) in [5, 5.41) is 4.38. The van der Waals surface area contributed by atoms with Crippen LogP contribution in [0.5, 0.6) is 5.75 Å². The minimum atomic E-state index is -3.92. The van der Waals surface area contributed by atoms with Crippen molar-refractivity contribution in [2.45, 2.75) is 18.2 Å². The molecule has 0 fully saturated rings. The van der Waals surface area contributed by atoms with Crippen LogP contribution >= 0.6 is 11.6 Å². The van der Waals surface area contributed by atoms with Gasteiger partial charge < -0.3 is 4.74 Å². The van der Waals surface area contributed by atoms with Gasteiger partial charge in [0, 0.05) is 11.6 Å². The third-order valence-corrected chi connectivity index (χ3v) is 6.97. The zero-order chi connectivity index (χ0) is 24.4. The van der Waals surface area contributed by atoms with Crippen molar-refractivity contribution in [2.24, 2.45) is 5.10 Å². The van der Waals surface area contributed by atoms with Crippen molar-refractivity contribution < 1.29 is 17.9 Å². The fourth-order valence-corrected chi connectivity index (χ4v) is 4.65. The van der Waals surface area contributed by atoms with Crippen LogP contribution in [0.2, 0.25) is 5.02 Å². The Balaban J connectivity index is 1.69. The zero-order valence-electron chi connectivity index (χ0n) is 18.7. The molecule has 0 unspecified atom stereocenters. The molecule has 3 aromatic rings. The first-order valence-electron chi connectivity index (χ1n) is 10.7. The Morgan fingerprint density at radius 1 is 1.03 bits per heavy atom. The summed E-state index contributed by atoms with van der Waals surface area (Å²) in [7, 11) is -3.92. The first-order valence-corrected chi connectivity index (χ1v) is 12.5. The van der Waals surface area contributed by atoms with E-state index >= 15 is 0 Å². The van der Waals surface area contributed by atoms with E-state index in [1.165, 1.54) is 30.5 Å². The van der Waals surface area contributed by atoms with Crippen molar-refractivity contribution in [1.29, 1.82) is 0 Å². The van der Waals surface area contributed by atoms with Gasteiger partial charge in [-0.15, -0.1) is 0 Å². The summed E-state index contributed by atoms with van der Waals surface area (Å²) in [5.41, 5.74) is 4.13. The number of carbonyl (C=O) groups excluding carboxylic acids is 1. The molecule has 0 aliphatic carbocycles. The summed E-state index contributed by atoms with van der Waals surface area (Å²) < 4.78 is 33.0. The number of hydrogen-bond acceptors (Lipinski definition) is 5. The maximum atomic E-state index is 13.2. The average Bonchev–Trinajstić information content (AvgIpc) is 2.84. The predicted octanol–water partition coefficient (Wildman–Crippen LogP) is 4.12. The third-order valence-electron chi connectivity index (χ3n) is 4.86. The fraction of sp³-hybridized carbons (Fsp3) is 0.200. The number of ether oxygens (including phenoxy) is 1. The van der Waals surface area contributed by atoms with Gasteiger partial charge in [0.05, 0.1) is 24.3 Å². The van der Waals surface area contributed by atoms with Crippen LogP contribution in [0.25, 0.3) is 0 Å². The van der Waals surface area contributed by atoms with Crippen LogP contribution in [0.3, 0.4) is 0 Å². The number of nitrogens with zero attached hydrogens (tertiary/aromatic N) is 2. The van der Waals surface area contributed by atoms with Crippen molar-refractivity contribution in [3.05, 3.63) is 95.0 Å². The lowest BCUT2D eigenvalue weighted by atomic mass is 10.1. The molecule has 34 heavy (non-hydrogen) atoms. The molecule has 0 saturated heterocycles. The first-order chi connectivity index (χ1) is 16.4. The van der Waals surface area contributed by atoms with E-state index in [0.717, 1.165) is 21.2 Å². The minimum Gasteiger partial charge on any atom is -0.494 e. The number of nitrogens with one attached hydrogen (secondary N) is 1. The van der Waals surface area contributed by atoms with Gasteiger partial charge in [-0.1, -0.05) is 41.9 Å². The number of benzene rings is 3. The van der Waals surface area contributed by atoms with Crippen LogP contribution in [0.15, 0.2) is 88.9 Å². The van der Waals surface area contributed by atoms with E-state index in [4.69, 9.17) is 16.3 Å². The molecule has 9 heteroatoms. The molecular weight excluding hydrogens is 474 g/mol. The van der Waals surface area contributed by atoms with Crippen molar-refractivity contribution in [3.8, 4) is 5.75 Å². The molecule has 0 spiro atoms. The average molecular weight is 500 g/mol. The fourth-order valence-electron chi connectivity index (χ4n) is 3.13. The SMILES string of the molecule is CCOc1ccc(/C=N\NC(=O)CN(CCc2ccccc2)S(=O)(=O)c2ccc(Cl)cc2)cc1. The molecule has 0 heterocycles. The number of halogens is 1. The summed E-state index contributed by atoms with van der Waals surface area (Å²) in [5.74, 6) is 0.193. The number of hydrogen-bond donors (Lipinski definition) is 1. The second-order valence-electron chi connectivity index (χ2n) is 7.32. The highest BCUT2D eigenvalue weighted by Crippen LogP contribution is 2.19. The molecule has 0 radical (unpaired) electrons. The Morgan fingerprint density at radius 3 is 2.35 bits per heavy atom. The van der Waals surface area contributed by atoms with Gasteiger partial charge in [-0.05, 0) is 73.0 Å². The van der Waals surface area contributed by atoms with Crippen molar-refractivity contribution >= 4 is 33.7 Å². The second-order valence-corrected chi connectivity index (χ2v) is 9.70. The minimum absolute atomic E-state index is 0.0654. The number of hydrazone groups is 1. The van der Waals surface area contributed by atoms with E-state index in [0.29, 0.717) is 18.1 Å². The van der Waals surface area contributed by atoms with Crippen molar-refractivity contribution in [1.82, 2.24) is 9.73 Å². The Kier molecular flexibility index (Phi) is 9.21. The molecule has 1 N–H and O–H groups in total. The molecule has 3 rings (SSSR count). The van der Waals surface area contributed by atoms with Crippen LogP contribution in [0, 0.1) is 0 Å². The lowest BCUT2D eigenvalue weighted by Crippen LogP contribution is -2.40. The predicted molar refractivity (Wildman–Crippen MR) is 134 cm³/mol. The standard InChI is InChI=1S/C25H26ClN3O4S/c1-2-33-23-12-8-21(9-13-23)18-27-28-25(30)19-29(17-16-20-6-4-3-5-7-20)34(31,32)24-14-10-22(26)11-15-24/h3-15,18H,2,16-17,19H2,1H3,(H,28,30)/b27-18-. The highest BCUT2D eigenvalue weighted by Gasteiger charge is 2.26. The quantitative estimate of drug-likeness (QED) is 0.317. The summed E-state index contributed by atoms with van der Waals surface area (Å²) in [6.07, 6.45) is 1.94. The molecule has 7 nitrogen and oxygen atoms in total. The van der Waals surface area contributed by atoms with Crippen LogP contribution in [-0.4, -0.2) is 44.5 Å². The molecule has 0 bridgehead atoms. The third kappa shape index (κ3) is 7.41. The van der Waals surface area contributed by atoms with Crippen molar-refractivity contribution in [2.75, 3.05) is 19.7 Å². The number of sulfonamides is 1. The first kappa shape index (κ1) is 25.4. The van der Waals surface area contributed by atoms with Crippen LogP contribution in [-0.2, 0) is 21.2 Å². The van der Waals surface area contributed by atoms with Gasteiger partial charge in [0.15, 0.2) is 0 Å². The molecule has 0 saturated carbocycles. The molecule has 1 amide bonds. The molecule has 0 aromatic heterocycles. The molecule has 3 aromatic carbocycles.